The summed E-state index contributed by atoms with van der Waals surface area (Å²) in [5.74, 6) is -1.58. The van der Waals surface area contributed by atoms with E-state index in [-0.39, 0.29) is 11.5 Å². The van der Waals surface area contributed by atoms with Crippen LogP contribution in [-0.2, 0) is 0 Å². The van der Waals surface area contributed by atoms with Crippen LogP contribution in [0.25, 0.3) is 0 Å². The molecule has 0 spiro atoms. The van der Waals surface area contributed by atoms with Crippen molar-refractivity contribution in [2.24, 2.45) is 5.92 Å². The molecule has 0 saturated heterocycles. The summed E-state index contributed by atoms with van der Waals surface area (Å²) < 4.78 is 13.6. The van der Waals surface area contributed by atoms with Crippen LogP contribution in [0.3, 0.4) is 0 Å². The number of benzene rings is 1. The normalized spacial score (nSPS) is 15.4. The van der Waals surface area contributed by atoms with Gasteiger partial charge in [-0.15, -0.1) is 0 Å². The molecule has 1 unspecified atom stereocenters. The lowest BCUT2D eigenvalue weighted by molar-refractivity contribution is -0.385. The number of nitriles is 1. The summed E-state index contributed by atoms with van der Waals surface area (Å²) in [7, 11) is 0. The molecular weight excluding hydrogens is 253 g/mol. The third-order valence-electron chi connectivity index (χ3n) is 2.93. The third-order valence-corrected chi connectivity index (χ3v) is 2.93. The Morgan fingerprint density at radius 1 is 1.58 bits per heavy atom. The van der Waals surface area contributed by atoms with Crippen molar-refractivity contribution in [3.63, 3.8) is 0 Å². The molecule has 0 radical (unpaired) electrons. The molecule has 1 amide bonds. The maximum atomic E-state index is 13.6. The van der Waals surface area contributed by atoms with E-state index in [9.17, 15) is 19.3 Å². The monoisotopic (exact) mass is 263 g/mol. The van der Waals surface area contributed by atoms with Crippen LogP contribution in [-0.4, -0.2) is 16.9 Å². The van der Waals surface area contributed by atoms with Crippen LogP contribution in [0.1, 0.15) is 23.2 Å². The van der Waals surface area contributed by atoms with Crippen LogP contribution in [0.5, 0.6) is 0 Å². The second kappa shape index (κ2) is 5.02. The van der Waals surface area contributed by atoms with E-state index in [4.69, 9.17) is 5.26 Å². The van der Waals surface area contributed by atoms with Gasteiger partial charge in [0, 0.05) is 6.07 Å². The molecule has 2 rings (SSSR count). The minimum absolute atomic E-state index is 0.120. The molecule has 0 heterocycles. The van der Waals surface area contributed by atoms with Crippen molar-refractivity contribution < 1.29 is 14.1 Å². The third kappa shape index (κ3) is 2.85. The summed E-state index contributed by atoms with van der Waals surface area (Å²) >= 11 is 0. The molecule has 6 nitrogen and oxygen atoms in total. The molecule has 1 aliphatic rings. The number of carbonyl (C=O) groups is 1. The van der Waals surface area contributed by atoms with Gasteiger partial charge >= 0.3 is 0 Å². The highest BCUT2D eigenvalue weighted by Gasteiger charge is 2.33. The highest BCUT2D eigenvalue weighted by Crippen LogP contribution is 2.32. The van der Waals surface area contributed by atoms with Gasteiger partial charge in [-0.25, -0.2) is 4.39 Å². The Bertz CT molecular complexity index is 578. The maximum absolute atomic E-state index is 13.6. The van der Waals surface area contributed by atoms with Crippen LogP contribution in [0.15, 0.2) is 18.2 Å². The number of nitro benzene ring substituents is 1. The topological polar surface area (TPSA) is 96.0 Å². The van der Waals surface area contributed by atoms with Gasteiger partial charge in [-0.3, -0.25) is 14.9 Å². The fourth-order valence-corrected chi connectivity index (χ4v) is 1.71. The van der Waals surface area contributed by atoms with Gasteiger partial charge in [-0.2, -0.15) is 5.26 Å². The van der Waals surface area contributed by atoms with Crippen LogP contribution in [0.4, 0.5) is 10.1 Å². The second-order valence-electron chi connectivity index (χ2n) is 4.34. The van der Waals surface area contributed by atoms with Gasteiger partial charge in [0.25, 0.3) is 11.6 Å². The number of nitrogens with one attached hydrogen (secondary N) is 1. The molecular formula is C12H10FN3O3. The van der Waals surface area contributed by atoms with Gasteiger partial charge in [0.15, 0.2) is 0 Å². The van der Waals surface area contributed by atoms with Gasteiger partial charge in [0.1, 0.15) is 11.9 Å². The fourth-order valence-electron chi connectivity index (χ4n) is 1.71. The second-order valence-corrected chi connectivity index (χ2v) is 4.34. The first-order chi connectivity index (χ1) is 9.02. The predicted molar refractivity (Wildman–Crippen MR) is 62.6 cm³/mol. The number of halogens is 1. The van der Waals surface area contributed by atoms with Crippen molar-refractivity contribution in [1.29, 1.82) is 5.26 Å². The zero-order valence-corrected chi connectivity index (χ0v) is 9.80. The summed E-state index contributed by atoms with van der Waals surface area (Å²) in [4.78, 5) is 21.5. The molecule has 0 bridgehead atoms. The zero-order valence-electron chi connectivity index (χ0n) is 9.80. The largest absolute Gasteiger partial charge is 0.336 e. The zero-order chi connectivity index (χ0) is 14.0. The first kappa shape index (κ1) is 13.0. The number of hydrogen-bond donors (Lipinski definition) is 1. The fraction of sp³-hybridized carbons (Fsp3) is 0.333. The number of rotatable bonds is 4. The number of nitro groups is 1. The highest BCUT2D eigenvalue weighted by molar-refractivity contribution is 5.95. The Kier molecular flexibility index (Phi) is 3.42. The van der Waals surface area contributed by atoms with Crippen LogP contribution in [0.2, 0.25) is 0 Å². The van der Waals surface area contributed by atoms with Gasteiger partial charge in [0.2, 0.25) is 0 Å². The Balaban J connectivity index is 2.15. The Morgan fingerprint density at radius 3 is 2.74 bits per heavy atom. The Labute approximate surface area is 108 Å². The van der Waals surface area contributed by atoms with E-state index in [2.05, 4.69) is 5.32 Å². The number of carbonyl (C=O) groups excluding carboxylic acids is 1. The smallest absolute Gasteiger partial charge is 0.272 e. The van der Waals surface area contributed by atoms with E-state index in [1.165, 1.54) is 0 Å². The molecule has 1 aliphatic carbocycles. The predicted octanol–water partition coefficient (Wildman–Crippen LogP) is 1.77. The van der Waals surface area contributed by atoms with E-state index < -0.39 is 28.4 Å². The lowest BCUT2D eigenvalue weighted by Crippen LogP contribution is -2.35. The van der Waals surface area contributed by atoms with Crippen LogP contribution < -0.4 is 5.32 Å². The van der Waals surface area contributed by atoms with E-state index in [0.29, 0.717) is 6.07 Å². The summed E-state index contributed by atoms with van der Waals surface area (Å²) in [5.41, 5.74) is -0.723. The minimum Gasteiger partial charge on any atom is -0.336 e. The van der Waals surface area contributed by atoms with Crippen molar-refractivity contribution in [2.45, 2.75) is 18.9 Å². The van der Waals surface area contributed by atoms with Crippen molar-refractivity contribution in [1.82, 2.24) is 5.32 Å². The standard InChI is InChI=1S/C12H10FN3O3/c13-10-5-8(16(18)19)3-4-9(10)12(17)15-11(6-14)7-1-2-7/h3-5,7,11H,1-2H2,(H,15,17). The quantitative estimate of drug-likeness (QED) is 0.661. The van der Waals surface area contributed by atoms with Gasteiger partial charge in [0.05, 0.1) is 22.6 Å². The average molecular weight is 263 g/mol. The molecule has 1 saturated carbocycles. The molecule has 98 valence electrons. The maximum Gasteiger partial charge on any atom is 0.272 e. The summed E-state index contributed by atoms with van der Waals surface area (Å²) in [5, 5.41) is 21.7. The number of non-ortho nitro benzene ring substituents is 1. The summed E-state index contributed by atoms with van der Waals surface area (Å²) in [6, 6.07) is 4.10. The SMILES string of the molecule is N#CC(NC(=O)c1ccc([N+](=O)[O-])cc1F)C1CC1. The first-order valence-corrected chi connectivity index (χ1v) is 5.67. The lowest BCUT2D eigenvalue weighted by Gasteiger charge is -2.10. The molecule has 1 fully saturated rings. The van der Waals surface area contributed by atoms with E-state index in [1.807, 2.05) is 6.07 Å². The number of amides is 1. The highest BCUT2D eigenvalue weighted by atomic mass is 19.1. The van der Waals surface area contributed by atoms with Crippen molar-refractivity contribution in [2.75, 3.05) is 0 Å². The van der Waals surface area contributed by atoms with E-state index in [0.717, 1.165) is 25.0 Å². The molecule has 0 aliphatic heterocycles. The minimum atomic E-state index is -0.973. The number of hydrogen-bond acceptors (Lipinski definition) is 4. The molecule has 0 aromatic heterocycles. The summed E-state index contributed by atoms with van der Waals surface area (Å²) in [6.45, 7) is 0. The van der Waals surface area contributed by atoms with Crippen LogP contribution >= 0.6 is 0 Å². The summed E-state index contributed by atoms with van der Waals surface area (Å²) in [6.07, 6.45) is 1.72. The van der Waals surface area contributed by atoms with E-state index >= 15 is 0 Å². The van der Waals surface area contributed by atoms with Gasteiger partial charge in [-0.05, 0) is 24.8 Å². The molecule has 19 heavy (non-hydrogen) atoms. The first-order valence-electron chi connectivity index (χ1n) is 5.67. The molecule has 1 N–H and O–H groups in total. The van der Waals surface area contributed by atoms with E-state index in [1.54, 1.807) is 0 Å². The molecule has 1 aromatic carbocycles. The molecule has 1 aromatic rings. The lowest BCUT2D eigenvalue weighted by atomic mass is 10.1. The molecule has 1 atom stereocenters. The van der Waals surface area contributed by atoms with Crippen LogP contribution in [0, 0.1) is 33.2 Å². The van der Waals surface area contributed by atoms with Crippen molar-refractivity contribution in [3.8, 4) is 6.07 Å². The van der Waals surface area contributed by atoms with Crippen molar-refractivity contribution >= 4 is 11.6 Å². The molecule has 7 heteroatoms. The van der Waals surface area contributed by atoms with Gasteiger partial charge < -0.3 is 5.32 Å². The number of nitrogens with zero attached hydrogens (tertiary/aromatic N) is 2. The average Bonchev–Trinajstić information content (AvgIpc) is 3.19. The Hall–Kier alpha value is -2.49. The van der Waals surface area contributed by atoms with Crippen molar-refractivity contribution in [3.05, 3.63) is 39.7 Å². The Morgan fingerprint density at radius 2 is 2.26 bits per heavy atom. The van der Waals surface area contributed by atoms with Gasteiger partial charge in [-0.1, -0.05) is 0 Å².